The van der Waals surface area contributed by atoms with Gasteiger partial charge in [-0.2, -0.15) is 0 Å². The number of carbonyl (C=O) groups is 1. The predicted octanol–water partition coefficient (Wildman–Crippen LogP) is 7.31. The first-order valence-electron chi connectivity index (χ1n) is 12.2. The van der Waals surface area contributed by atoms with Gasteiger partial charge in [0.15, 0.2) is 0 Å². The molecule has 1 aliphatic heterocycles. The van der Waals surface area contributed by atoms with E-state index in [1.165, 1.54) is 5.56 Å². The van der Waals surface area contributed by atoms with Gasteiger partial charge in [0.2, 0.25) is 0 Å². The zero-order chi connectivity index (χ0) is 25.6. The van der Waals surface area contributed by atoms with Crippen LogP contribution in [0.5, 0.6) is 0 Å². The van der Waals surface area contributed by atoms with E-state index in [9.17, 15) is 4.79 Å². The van der Waals surface area contributed by atoms with Gasteiger partial charge in [-0.05, 0) is 61.4 Å². The van der Waals surface area contributed by atoms with E-state index in [1.807, 2.05) is 30.0 Å². The van der Waals surface area contributed by atoms with E-state index in [-0.39, 0.29) is 17.4 Å². The average Bonchev–Trinajstić information content (AvgIpc) is 3.08. The molecular formula is C30H37ClN2O2. The number of allylic oxidation sites excluding steroid dienone is 2. The van der Waals surface area contributed by atoms with Crippen molar-refractivity contribution in [2.75, 3.05) is 20.2 Å². The van der Waals surface area contributed by atoms with E-state index in [0.717, 1.165) is 48.3 Å². The molecule has 0 N–H and O–H groups in total. The number of hydrogen-bond acceptors (Lipinski definition) is 3. The van der Waals surface area contributed by atoms with Crippen LogP contribution in [0.25, 0.3) is 5.70 Å². The van der Waals surface area contributed by atoms with Crippen LogP contribution < -0.4 is 0 Å². The summed E-state index contributed by atoms with van der Waals surface area (Å²) >= 11 is 6.67. The number of amides is 1. The molecule has 2 aromatic rings. The number of likely N-dealkylation sites (tertiary alicyclic amines) is 1. The first kappa shape index (κ1) is 26.9. The molecule has 1 amide bonds. The van der Waals surface area contributed by atoms with E-state index >= 15 is 0 Å². The summed E-state index contributed by atoms with van der Waals surface area (Å²) < 4.78 is 5.49. The van der Waals surface area contributed by atoms with Gasteiger partial charge < -0.3 is 9.64 Å². The normalized spacial score (nSPS) is 17.8. The van der Waals surface area contributed by atoms with Crippen LogP contribution in [0.1, 0.15) is 74.0 Å². The lowest BCUT2D eigenvalue weighted by atomic mass is 9.86. The number of ether oxygens (including phenoxy) is 1. The number of rotatable bonds is 6. The Hall–Kier alpha value is -2.69. The second kappa shape index (κ2) is 11.8. The minimum absolute atomic E-state index is 0.0102. The van der Waals surface area contributed by atoms with Gasteiger partial charge in [-0.25, -0.2) is 0 Å². The highest BCUT2D eigenvalue weighted by molar-refractivity contribution is 6.34. The molecule has 186 valence electrons. The number of carbonyl (C=O) groups excluding carboxylic acids is 1. The summed E-state index contributed by atoms with van der Waals surface area (Å²) in [6.07, 6.45) is 6.65. The van der Waals surface area contributed by atoms with Crippen LogP contribution in [0.2, 0.25) is 5.02 Å². The average molecular weight is 493 g/mol. The van der Waals surface area contributed by atoms with Crippen LogP contribution in [0.15, 0.2) is 66.2 Å². The second-order valence-corrected chi connectivity index (χ2v) is 10.5. The van der Waals surface area contributed by atoms with E-state index < -0.39 is 0 Å². The highest BCUT2D eigenvalue weighted by Gasteiger charge is 2.22. The first-order valence-corrected chi connectivity index (χ1v) is 12.6. The molecule has 0 aliphatic carbocycles. The van der Waals surface area contributed by atoms with Crippen molar-refractivity contribution < 1.29 is 9.53 Å². The third-order valence-corrected chi connectivity index (χ3v) is 6.80. The summed E-state index contributed by atoms with van der Waals surface area (Å²) in [6, 6.07) is 13.9. The maximum atomic E-state index is 13.1. The molecule has 1 atom stereocenters. The lowest BCUT2D eigenvalue weighted by molar-refractivity contribution is 0.0723. The first-order chi connectivity index (χ1) is 16.6. The van der Waals surface area contributed by atoms with E-state index in [0.29, 0.717) is 17.1 Å². The number of methoxy groups -OCH3 is 1. The molecule has 35 heavy (non-hydrogen) atoms. The molecule has 5 heteroatoms. The molecule has 1 saturated heterocycles. The molecule has 0 bridgehead atoms. The Labute approximate surface area is 215 Å². The highest BCUT2D eigenvalue weighted by Crippen LogP contribution is 2.28. The third-order valence-electron chi connectivity index (χ3n) is 6.49. The van der Waals surface area contributed by atoms with Crippen molar-refractivity contribution in [3.05, 3.63) is 88.5 Å². The van der Waals surface area contributed by atoms with Gasteiger partial charge in [0.25, 0.3) is 5.91 Å². The van der Waals surface area contributed by atoms with Crippen molar-refractivity contribution in [2.24, 2.45) is 4.99 Å². The number of hydrogen-bond donors (Lipinski definition) is 0. The molecule has 0 radical (unpaired) electrons. The Morgan fingerprint density at radius 2 is 1.91 bits per heavy atom. The van der Waals surface area contributed by atoms with Crippen molar-refractivity contribution in [2.45, 2.75) is 58.5 Å². The maximum Gasteiger partial charge on any atom is 0.253 e. The van der Waals surface area contributed by atoms with Crippen LogP contribution in [0.3, 0.4) is 0 Å². The van der Waals surface area contributed by atoms with Crippen molar-refractivity contribution in [1.82, 2.24) is 4.90 Å². The van der Waals surface area contributed by atoms with Crippen LogP contribution in [-0.4, -0.2) is 42.8 Å². The molecule has 4 nitrogen and oxygen atoms in total. The van der Waals surface area contributed by atoms with Gasteiger partial charge in [0.05, 0.1) is 16.8 Å². The monoisotopic (exact) mass is 492 g/mol. The minimum atomic E-state index is 0.0102. The number of benzene rings is 2. The zero-order valence-corrected chi connectivity index (χ0v) is 22.4. The Morgan fingerprint density at radius 3 is 2.57 bits per heavy atom. The molecule has 2 aromatic carbocycles. The van der Waals surface area contributed by atoms with Crippen LogP contribution in [0, 0.1) is 0 Å². The van der Waals surface area contributed by atoms with Gasteiger partial charge in [0, 0.05) is 42.6 Å². The Balaban J connectivity index is 1.85. The highest BCUT2D eigenvalue weighted by atomic mass is 35.5. The van der Waals surface area contributed by atoms with Gasteiger partial charge >= 0.3 is 0 Å². The van der Waals surface area contributed by atoms with E-state index in [2.05, 4.69) is 51.6 Å². The number of nitrogens with zero attached hydrogens (tertiary/aromatic N) is 2. The van der Waals surface area contributed by atoms with Gasteiger partial charge in [-0.3, -0.25) is 9.79 Å². The fraction of sp³-hybridized carbons (Fsp3) is 0.400. The van der Waals surface area contributed by atoms with Crippen molar-refractivity contribution in [1.29, 1.82) is 0 Å². The molecule has 1 fully saturated rings. The number of halogens is 1. The van der Waals surface area contributed by atoms with Crippen molar-refractivity contribution >= 4 is 28.9 Å². The van der Waals surface area contributed by atoms with Crippen LogP contribution in [0.4, 0.5) is 0 Å². The fourth-order valence-corrected chi connectivity index (χ4v) is 4.64. The Kier molecular flexibility index (Phi) is 9.09. The fourth-order valence-electron chi connectivity index (χ4n) is 4.32. The Bertz CT molecular complexity index is 1130. The standard InChI is InChI=1S/C30H37ClN2O2/c1-7-10-28(22-11-8-12-24(19-22)30(3,4)5)32-21(2)26-15-14-23(20-27(26)31)29(34)33-17-9-13-25(35-6)16-18-33/h7-8,10-12,14-15,19-20,25H,1,9,13,16-18H2,2-6H3/b28-10-,32-21?. The Morgan fingerprint density at radius 1 is 1.14 bits per heavy atom. The molecule has 3 rings (SSSR count). The summed E-state index contributed by atoms with van der Waals surface area (Å²) in [5.41, 5.74) is 5.30. The maximum absolute atomic E-state index is 13.1. The number of aliphatic imine (C=N–C) groups is 1. The zero-order valence-electron chi connectivity index (χ0n) is 21.6. The summed E-state index contributed by atoms with van der Waals surface area (Å²) in [7, 11) is 1.74. The van der Waals surface area contributed by atoms with Crippen LogP contribution >= 0.6 is 11.6 Å². The van der Waals surface area contributed by atoms with Crippen LogP contribution in [-0.2, 0) is 10.2 Å². The minimum Gasteiger partial charge on any atom is -0.381 e. The lowest BCUT2D eigenvalue weighted by Gasteiger charge is -2.21. The summed E-state index contributed by atoms with van der Waals surface area (Å²) in [5.74, 6) is 0.0102. The smallest absolute Gasteiger partial charge is 0.253 e. The summed E-state index contributed by atoms with van der Waals surface area (Å²) in [6.45, 7) is 13.8. The lowest BCUT2D eigenvalue weighted by Crippen LogP contribution is -2.32. The SMILES string of the molecule is C=C/C=C(\N=C(C)c1ccc(C(=O)N2CCCC(OC)CC2)cc1Cl)c1cccc(C(C)(C)C)c1. The predicted molar refractivity (Wildman–Crippen MR) is 148 cm³/mol. The molecule has 1 heterocycles. The van der Waals surface area contributed by atoms with Gasteiger partial charge in [-0.1, -0.05) is 69.3 Å². The van der Waals surface area contributed by atoms with Crippen molar-refractivity contribution in [3.8, 4) is 0 Å². The summed E-state index contributed by atoms with van der Waals surface area (Å²) in [4.78, 5) is 19.9. The largest absolute Gasteiger partial charge is 0.381 e. The van der Waals surface area contributed by atoms with Crippen molar-refractivity contribution in [3.63, 3.8) is 0 Å². The van der Waals surface area contributed by atoms with E-state index in [4.69, 9.17) is 21.3 Å². The molecule has 0 spiro atoms. The molecule has 0 saturated carbocycles. The van der Waals surface area contributed by atoms with Gasteiger partial charge in [-0.15, -0.1) is 0 Å². The topological polar surface area (TPSA) is 41.9 Å². The summed E-state index contributed by atoms with van der Waals surface area (Å²) in [5, 5.41) is 0.517. The molecular weight excluding hydrogens is 456 g/mol. The molecule has 0 aromatic heterocycles. The quantitative estimate of drug-likeness (QED) is 0.313. The third kappa shape index (κ3) is 6.93. The van der Waals surface area contributed by atoms with Gasteiger partial charge in [0.1, 0.15) is 0 Å². The molecule has 1 aliphatic rings. The van der Waals surface area contributed by atoms with E-state index in [1.54, 1.807) is 19.3 Å². The second-order valence-electron chi connectivity index (χ2n) is 10.1. The molecule has 1 unspecified atom stereocenters.